The molecule has 2 aliphatic rings. The Labute approximate surface area is 175 Å². The number of hydrogen-bond donors (Lipinski definition) is 2. The molecule has 30 heavy (non-hydrogen) atoms. The number of rotatable bonds is 4. The Bertz CT molecular complexity index is 1230. The molecule has 3 unspecified atom stereocenters. The summed E-state index contributed by atoms with van der Waals surface area (Å²) in [6.07, 6.45) is 2.08. The van der Waals surface area contributed by atoms with Crippen LogP contribution in [0.25, 0.3) is 11.0 Å². The highest BCUT2D eigenvalue weighted by Gasteiger charge is 2.37. The number of hydrogen-bond acceptors (Lipinski definition) is 8. The van der Waals surface area contributed by atoms with Gasteiger partial charge in [-0.15, -0.1) is 0 Å². The second-order valence-electron chi connectivity index (χ2n) is 7.04. The molecule has 2 aromatic heterocycles. The van der Waals surface area contributed by atoms with E-state index in [-0.39, 0.29) is 35.7 Å². The molecule has 3 atom stereocenters. The predicted molar refractivity (Wildman–Crippen MR) is 108 cm³/mol. The van der Waals surface area contributed by atoms with E-state index in [1.54, 1.807) is 22.9 Å². The van der Waals surface area contributed by atoms with Gasteiger partial charge < -0.3 is 19.6 Å². The first-order chi connectivity index (χ1) is 14.4. The Morgan fingerprint density at radius 1 is 1.37 bits per heavy atom. The van der Waals surface area contributed by atoms with Gasteiger partial charge in [0.2, 0.25) is 5.95 Å². The monoisotopic (exact) mass is 452 g/mol. The fourth-order valence-electron chi connectivity index (χ4n) is 3.61. The zero-order valence-electron chi connectivity index (χ0n) is 15.6. The third kappa shape index (κ3) is 3.51. The number of nitrogen functional groups attached to an aromatic ring is 1. The Balaban J connectivity index is 1.28. The van der Waals surface area contributed by atoms with Crippen molar-refractivity contribution in [2.24, 2.45) is 0 Å². The van der Waals surface area contributed by atoms with Crippen LogP contribution in [0.5, 0.6) is 5.75 Å². The van der Waals surface area contributed by atoms with Crippen molar-refractivity contribution in [3.05, 3.63) is 51.4 Å². The molecule has 3 aromatic rings. The SMILES string of the molecule is Nc1nc2c(c(Cl)cn2C2CCC(COP3(=O)OCc4ccccc4O3)O2)c(=O)[nH]1. The van der Waals surface area contributed by atoms with E-state index in [1.165, 1.54) is 0 Å². The van der Waals surface area contributed by atoms with Crippen LogP contribution in [-0.4, -0.2) is 27.2 Å². The second-order valence-corrected chi connectivity index (χ2v) is 9.04. The number of fused-ring (bicyclic) bond motifs is 2. The zero-order chi connectivity index (χ0) is 20.9. The maximum absolute atomic E-state index is 12.8. The molecule has 3 N–H and O–H groups in total. The Hall–Kier alpha value is -2.36. The molecule has 0 radical (unpaired) electrons. The summed E-state index contributed by atoms with van der Waals surface area (Å²) in [5.41, 5.74) is 6.40. The number of nitrogens with zero attached hydrogens (tertiary/aromatic N) is 2. The minimum Gasteiger partial charge on any atom is -0.404 e. The van der Waals surface area contributed by atoms with Gasteiger partial charge in [-0.1, -0.05) is 29.8 Å². The van der Waals surface area contributed by atoms with E-state index in [4.69, 9.17) is 35.6 Å². The molecular weight excluding hydrogens is 435 g/mol. The van der Waals surface area contributed by atoms with Gasteiger partial charge in [-0.05, 0) is 18.9 Å². The maximum Gasteiger partial charge on any atom is 0.530 e. The Kier molecular flexibility index (Phi) is 4.83. The van der Waals surface area contributed by atoms with Crippen LogP contribution in [0.2, 0.25) is 5.02 Å². The normalized spacial score (nSPS) is 25.9. The molecule has 4 heterocycles. The van der Waals surface area contributed by atoms with Gasteiger partial charge in [0.1, 0.15) is 17.4 Å². The van der Waals surface area contributed by atoms with Gasteiger partial charge in [0, 0.05) is 11.8 Å². The molecule has 1 fully saturated rings. The summed E-state index contributed by atoms with van der Waals surface area (Å²) in [6, 6.07) is 7.19. The van der Waals surface area contributed by atoms with Gasteiger partial charge in [-0.25, -0.2) is 4.57 Å². The van der Waals surface area contributed by atoms with Crippen molar-refractivity contribution in [2.75, 3.05) is 12.3 Å². The molecule has 5 rings (SSSR count). The van der Waals surface area contributed by atoms with Crippen LogP contribution in [0.1, 0.15) is 24.6 Å². The van der Waals surface area contributed by atoms with Gasteiger partial charge in [0.05, 0.1) is 24.3 Å². The van der Waals surface area contributed by atoms with Gasteiger partial charge in [-0.2, -0.15) is 4.98 Å². The summed E-state index contributed by atoms with van der Waals surface area (Å²) in [7, 11) is -3.72. The largest absolute Gasteiger partial charge is 0.530 e. The van der Waals surface area contributed by atoms with Crippen LogP contribution in [0, 0.1) is 0 Å². The number of benzene rings is 1. The molecule has 10 nitrogen and oxygen atoms in total. The minimum absolute atomic E-state index is 0.00799. The van der Waals surface area contributed by atoms with Gasteiger partial charge in [-0.3, -0.25) is 18.8 Å². The van der Waals surface area contributed by atoms with Crippen LogP contribution >= 0.6 is 19.4 Å². The smallest absolute Gasteiger partial charge is 0.404 e. The minimum atomic E-state index is -3.72. The number of H-pyrrole nitrogens is 1. The van der Waals surface area contributed by atoms with E-state index in [9.17, 15) is 9.36 Å². The molecule has 0 aliphatic carbocycles. The van der Waals surface area contributed by atoms with E-state index < -0.39 is 19.6 Å². The van der Waals surface area contributed by atoms with E-state index in [2.05, 4.69) is 9.97 Å². The van der Waals surface area contributed by atoms with Crippen LogP contribution in [0.3, 0.4) is 0 Å². The first kappa shape index (κ1) is 19.6. The molecule has 0 spiro atoms. The lowest BCUT2D eigenvalue weighted by molar-refractivity contribution is -0.0225. The average Bonchev–Trinajstić information content (AvgIpc) is 3.31. The lowest BCUT2D eigenvalue weighted by Gasteiger charge is -2.25. The highest BCUT2D eigenvalue weighted by molar-refractivity contribution is 7.49. The van der Waals surface area contributed by atoms with Crippen molar-refractivity contribution in [3.8, 4) is 5.75 Å². The van der Waals surface area contributed by atoms with E-state index in [0.717, 1.165) is 5.56 Å². The van der Waals surface area contributed by atoms with E-state index in [0.29, 0.717) is 24.2 Å². The highest BCUT2D eigenvalue weighted by Crippen LogP contribution is 2.54. The second kappa shape index (κ2) is 7.40. The molecule has 1 saturated heterocycles. The first-order valence-corrected chi connectivity index (χ1v) is 11.1. The molecule has 12 heteroatoms. The van der Waals surface area contributed by atoms with E-state index in [1.807, 2.05) is 12.1 Å². The number of aromatic nitrogens is 3. The molecule has 0 amide bonds. The standard InChI is InChI=1S/C18H18ClN4O6P/c19-12-7-23(16-15(12)17(24)22-18(20)21-16)14-6-5-11(28-14)9-27-30(25)26-8-10-3-1-2-4-13(10)29-30/h1-4,7,11,14H,5-6,8-9H2,(H3,20,21,22,24). The number of para-hydroxylation sites is 1. The first-order valence-electron chi connectivity index (χ1n) is 9.30. The van der Waals surface area contributed by atoms with Gasteiger partial charge in [0.25, 0.3) is 5.56 Å². The van der Waals surface area contributed by atoms with Crippen molar-refractivity contribution in [3.63, 3.8) is 0 Å². The summed E-state index contributed by atoms with van der Waals surface area (Å²) in [6.45, 7) is 0.177. The molecular formula is C18H18ClN4O6P. The number of phosphoric acid groups is 1. The fraction of sp³-hybridized carbons (Fsp3) is 0.333. The zero-order valence-corrected chi connectivity index (χ0v) is 17.3. The number of aromatic amines is 1. The van der Waals surface area contributed by atoms with Gasteiger partial charge in [0.15, 0.2) is 5.65 Å². The molecule has 0 saturated carbocycles. The Morgan fingerprint density at radius 2 is 2.20 bits per heavy atom. The number of halogens is 1. The summed E-state index contributed by atoms with van der Waals surface area (Å²) in [5.74, 6) is 0.478. The highest BCUT2D eigenvalue weighted by atomic mass is 35.5. The lowest BCUT2D eigenvalue weighted by atomic mass is 10.2. The topological polar surface area (TPSA) is 131 Å². The molecule has 158 valence electrons. The van der Waals surface area contributed by atoms with Crippen molar-refractivity contribution in [1.82, 2.24) is 14.5 Å². The van der Waals surface area contributed by atoms with Crippen LogP contribution in [0.15, 0.2) is 35.3 Å². The number of phosphoric ester groups is 1. The summed E-state index contributed by atoms with van der Waals surface area (Å²) < 4.78 is 36.7. The number of anilines is 1. The lowest BCUT2D eigenvalue weighted by Crippen LogP contribution is -2.19. The van der Waals surface area contributed by atoms with Gasteiger partial charge >= 0.3 is 7.82 Å². The molecule has 0 bridgehead atoms. The average molecular weight is 453 g/mol. The van der Waals surface area contributed by atoms with Crippen LogP contribution in [-0.2, 0) is 25.0 Å². The quantitative estimate of drug-likeness (QED) is 0.576. The third-order valence-corrected chi connectivity index (χ3v) is 6.65. The van der Waals surface area contributed by atoms with Crippen LogP contribution in [0.4, 0.5) is 5.95 Å². The Morgan fingerprint density at radius 3 is 3.07 bits per heavy atom. The van der Waals surface area contributed by atoms with Crippen molar-refractivity contribution < 1.29 is 22.9 Å². The number of nitrogens with two attached hydrogens (primary N) is 1. The fourth-order valence-corrected chi connectivity index (χ4v) is 5.13. The third-order valence-electron chi connectivity index (χ3n) is 5.03. The number of ether oxygens (including phenoxy) is 1. The van der Waals surface area contributed by atoms with Crippen molar-refractivity contribution in [2.45, 2.75) is 31.8 Å². The maximum atomic E-state index is 12.8. The van der Waals surface area contributed by atoms with E-state index >= 15 is 0 Å². The summed E-state index contributed by atoms with van der Waals surface area (Å²) in [4.78, 5) is 18.7. The summed E-state index contributed by atoms with van der Waals surface area (Å²) >= 11 is 6.20. The van der Waals surface area contributed by atoms with Crippen LogP contribution < -0.4 is 15.8 Å². The molecule has 2 aliphatic heterocycles. The summed E-state index contributed by atoms with van der Waals surface area (Å²) in [5, 5.41) is 0.510. The predicted octanol–water partition coefficient (Wildman–Crippen LogP) is 3.37. The number of nitrogens with one attached hydrogen (secondary N) is 1. The van der Waals surface area contributed by atoms with Crippen molar-refractivity contribution >= 4 is 36.4 Å². The molecule has 1 aromatic carbocycles. The van der Waals surface area contributed by atoms with Crippen molar-refractivity contribution in [1.29, 1.82) is 0 Å².